The molecule has 1 aromatic rings. The third-order valence-electron chi connectivity index (χ3n) is 2.06. The van der Waals surface area contributed by atoms with Gasteiger partial charge >= 0.3 is 0 Å². The molecule has 1 N–H and O–H groups in total. The average molecular weight is 209 g/mol. The first-order chi connectivity index (χ1) is 7.31. The van der Waals surface area contributed by atoms with Gasteiger partial charge in [-0.05, 0) is 5.56 Å². The van der Waals surface area contributed by atoms with Crippen molar-refractivity contribution in [3.8, 4) is 0 Å². The van der Waals surface area contributed by atoms with Crippen molar-refractivity contribution in [1.29, 1.82) is 0 Å². The van der Waals surface area contributed by atoms with E-state index in [0.29, 0.717) is 12.1 Å². The molecule has 0 saturated heterocycles. The smallest absolute Gasteiger partial charge is 0.200 e. The molecule has 15 heavy (non-hydrogen) atoms. The number of methoxy groups -OCH3 is 2. The molecule has 0 heterocycles. The zero-order valence-electron chi connectivity index (χ0n) is 8.88. The van der Waals surface area contributed by atoms with Gasteiger partial charge in [0, 0.05) is 20.6 Å². The lowest BCUT2D eigenvalue weighted by molar-refractivity contribution is -0.0544. The van der Waals surface area contributed by atoms with E-state index in [9.17, 15) is 0 Å². The summed E-state index contributed by atoms with van der Waals surface area (Å²) in [6.07, 6.45) is -0.0980. The van der Waals surface area contributed by atoms with E-state index >= 15 is 0 Å². The van der Waals surface area contributed by atoms with Crippen LogP contribution in [0.2, 0.25) is 0 Å². The minimum atomic E-state index is -0.602. The fourth-order valence-electron chi connectivity index (χ4n) is 1.34. The summed E-state index contributed by atoms with van der Waals surface area (Å²) in [5.41, 5.74) is 1.50. The van der Waals surface area contributed by atoms with Gasteiger partial charge < -0.3 is 14.7 Å². The van der Waals surface area contributed by atoms with Crippen molar-refractivity contribution in [3.05, 3.63) is 35.9 Å². The summed E-state index contributed by atoms with van der Waals surface area (Å²) in [6.45, 7) is 0. The maximum Gasteiger partial charge on any atom is 0.200 e. The molecule has 0 aromatic heterocycles. The van der Waals surface area contributed by atoms with Gasteiger partial charge in [0.2, 0.25) is 0 Å². The van der Waals surface area contributed by atoms with Crippen LogP contribution in [0.3, 0.4) is 0 Å². The molecular formula is C11H15NO3. The van der Waals surface area contributed by atoms with Crippen LogP contribution >= 0.6 is 0 Å². The van der Waals surface area contributed by atoms with E-state index in [1.807, 2.05) is 30.3 Å². The standard InChI is InChI=1S/C11H15NO3/c1-14-11(15-2)10(12-13)8-9-6-4-3-5-7-9/h3-7,11,13H,8H2,1-2H3. The SMILES string of the molecule is COC(OC)C(Cc1ccccc1)=NO. The van der Waals surface area contributed by atoms with Crippen molar-refractivity contribution in [3.63, 3.8) is 0 Å². The Labute approximate surface area is 89.1 Å². The molecule has 0 radical (unpaired) electrons. The molecule has 0 aliphatic rings. The predicted molar refractivity (Wildman–Crippen MR) is 57.2 cm³/mol. The van der Waals surface area contributed by atoms with Gasteiger partial charge in [0.15, 0.2) is 6.29 Å². The summed E-state index contributed by atoms with van der Waals surface area (Å²) in [4.78, 5) is 0. The Morgan fingerprint density at radius 2 is 1.87 bits per heavy atom. The molecule has 4 nitrogen and oxygen atoms in total. The summed E-state index contributed by atoms with van der Waals surface area (Å²) in [6, 6.07) is 9.70. The van der Waals surface area contributed by atoms with Crippen molar-refractivity contribution in [2.45, 2.75) is 12.7 Å². The van der Waals surface area contributed by atoms with Gasteiger partial charge in [0.05, 0.1) is 0 Å². The molecule has 0 fully saturated rings. The fraction of sp³-hybridized carbons (Fsp3) is 0.364. The Hall–Kier alpha value is -1.39. The molecule has 0 aliphatic carbocycles. The quantitative estimate of drug-likeness (QED) is 0.347. The van der Waals surface area contributed by atoms with Crippen LogP contribution in [0.25, 0.3) is 0 Å². The van der Waals surface area contributed by atoms with Crippen LogP contribution in [0, 0.1) is 0 Å². The topological polar surface area (TPSA) is 51.0 Å². The van der Waals surface area contributed by atoms with Crippen LogP contribution in [0.15, 0.2) is 35.5 Å². The second-order valence-corrected chi connectivity index (χ2v) is 3.06. The van der Waals surface area contributed by atoms with Crippen molar-refractivity contribution in [1.82, 2.24) is 0 Å². The van der Waals surface area contributed by atoms with Crippen LogP contribution in [-0.4, -0.2) is 31.4 Å². The van der Waals surface area contributed by atoms with E-state index in [-0.39, 0.29) is 0 Å². The van der Waals surface area contributed by atoms with Gasteiger partial charge in [-0.3, -0.25) is 0 Å². The van der Waals surface area contributed by atoms with E-state index in [4.69, 9.17) is 14.7 Å². The highest BCUT2D eigenvalue weighted by atomic mass is 16.7. The summed E-state index contributed by atoms with van der Waals surface area (Å²) < 4.78 is 10.0. The third-order valence-corrected chi connectivity index (χ3v) is 2.06. The molecule has 1 aromatic carbocycles. The van der Waals surface area contributed by atoms with Crippen molar-refractivity contribution >= 4 is 5.71 Å². The molecular weight excluding hydrogens is 194 g/mol. The minimum absolute atomic E-state index is 0.450. The monoisotopic (exact) mass is 209 g/mol. The Morgan fingerprint density at radius 1 is 1.27 bits per heavy atom. The maximum atomic E-state index is 8.85. The Bertz CT molecular complexity index is 307. The minimum Gasteiger partial charge on any atom is -0.411 e. The lowest BCUT2D eigenvalue weighted by Crippen LogP contribution is -2.26. The van der Waals surface area contributed by atoms with E-state index < -0.39 is 6.29 Å². The number of benzene rings is 1. The molecule has 0 bridgehead atoms. The molecule has 0 atom stereocenters. The number of nitrogens with zero attached hydrogens (tertiary/aromatic N) is 1. The summed E-state index contributed by atoms with van der Waals surface area (Å²) in [5, 5.41) is 12.0. The highest BCUT2D eigenvalue weighted by Gasteiger charge is 2.15. The molecule has 1 rings (SSSR count). The lowest BCUT2D eigenvalue weighted by atomic mass is 10.1. The van der Waals surface area contributed by atoms with E-state index in [2.05, 4.69) is 5.16 Å². The largest absolute Gasteiger partial charge is 0.411 e. The van der Waals surface area contributed by atoms with Crippen molar-refractivity contribution in [2.75, 3.05) is 14.2 Å². The number of rotatable bonds is 5. The third kappa shape index (κ3) is 3.34. The first-order valence-electron chi connectivity index (χ1n) is 4.62. The molecule has 0 aliphatic heterocycles. The first kappa shape index (κ1) is 11.7. The number of hydrogen-bond donors (Lipinski definition) is 1. The maximum absolute atomic E-state index is 8.85. The molecule has 82 valence electrons. The number of hydrogen-bond acceptors (Lipinski definition) is 4. The second kappa shape index (κ2) is 6.16. The van der Waals surface area contributed by atoms with E-state index in [1.54, 1.807) is 0 Å². The fourth-order valence-corrected chi connectivity index (χ4v) is 1.34. The van der Waals surface area contributed by atoms with E-state index in [1.165, 1.54) is 14.2 Å². The Kier molecular flexibility index (Phi) is 4.80. The predicted octanol–water partition coefficient (Wildman–Crippen LogP) is 1.68. The van der Waals surface area contributed by atoms with Gasteiger partial charge in [-0.1, -0.05) is 35.5 Å². The van der Waals surface area contributed by atoms with Crippen LogP contribution < -0.4 is 0 Å². The summed E-state index contributed by atoms with van der Waals surface area (Å²) in [7, 11) is 3.01. The van der Waals surface area contributed by atoms with Gasteiger partial charge in [0.1, 0.15) is 5.71 Å². The van der Waals surface area contributed by atoms with Gasteiger partial charge in [-0.25, -0.2) is 0 Å². The lowest BCUT2D eigenvalue weighted by Gasteiger charge is -2.14. The van der Waals surface area contributed by atoms with Crippen LogP contribution in [0.5, 0.6) is 0 Å². The second-order valence-electron chi connectivity index (χ2n) is 3.06. The van der Waals surface area contributed by atoms with Crippen molar-refractivity contribution < 1.29 is 14.7 Å². The molecule has 4 heteroatoms. The van der Waals surface area contributed by atoms with Gasteiger partial charge in [-0.2, -0.15) is 0 Å². The van der Waals surface area contributed by atoms with Gasteiger partial charge in [0.25, 0.3) is 0 Å². The van der Waals surface area contributed by atoms with E-state index in [0.717, 1.165) is 5.56 Å². The highest BCUT2D eigenvalue weighted by molar-refractivity contribution is 5.89. The normalized spacial score (nSPS) is 12.1. The Morgan fingerprint density at radius 3 is 2.33 bits per heavy atom. The first-order valence-corrected chi connectivity index (χ1v) is 4.62. The van der Waals surface area contributed by atoms with Crippen LogP contribution in [-0.2, 0) is 15.9 Å². The molecule has 0 saturated carbocycles. The molecule has 0 unspecified atom stereocenters. The van der Waals surface area contributed by atoms with Crippen LogP contribution in [0.4, 0.5) is 0 Å². The molecule has 0 amide bonds. The Balaban J connectivity index is 2.70. The zero-order valence-corrected chi connectivity index (χ0v) is 8.88. The zero-order chi connectivity index (χ0) is 11.1. The number of ether oxygens (including phenoxy) is 2. The van der Waals surface area contributed by atoms with Crippen molar-refractivity contribution in [2.24, 2.45) is 5.16 Å². The summed E-state index contributed by atoms with van der Waals surface area (Å²) in [5.74, 6) is 0. The molecule has 0 spiro atoms. The van der Waals surface area contributed by atoms with Crippen LogP contribution in [0.1, 0.15) is 5.56 Å². The highest BCUT2D eigenvalue weighted by Crippen LogP contribution is 2.05. The van der Waals surface area contributed by atoms with Gasteiger partial charge in [-0.15, -0.1) is 0 Å². The summed E-state index contributed by atoms with van der Waals surface area (Å²) >= 11 is 0. The number of oxime groups is 1. The average Bonchev–Trinajstić information content (AvgIpc) is 2.30.